The van der Waals surface area contributed by atoms with Crippen molar-refractivity contribution in [3.05, 3.63) is 53.9 Å². The van der Waals surface area contributed by atoms with Crippen LogP contribution in [-0.2, 0) is 0 Å². The number of phenolic OH excluding ortho intramolecular Hbond substituents is 1. The van der Waals surface area contributed by atoms with Crippen LogP contribution in [0.15, 0.2) is 42.5 Å². The number of benzene rings is 1. The molecule has 0 spiro atoms. The van der Waals surface area contributed by atoms with Gasteiger partial charge in [0.2, 0.25) is 0 Å². The summed E-state index contributed by atoms with van der Waals surface area (Å²) in [4.78, 5) is 29.4. The third-order valence-corrected chi connectivity index (χ3v) is 4.07. The standard InChI is InChI=1S/C18H19N3O4/c19-17(23)15-5-2-6-16(20-15)18(24)21-9-7-13(8-10-21)25-14-4-1-3-12(22)11-14/h1-6,11,13,22H,7-10H2,(H2,19,23). The van der Waals surface area contributed by atoms with Crippen molar-refractivity contribution in [2.45, 2.75) is 18.9 Å². The van der Waals surface area contributed by atoms with E-state index in [9.17, 15) is 14.7 Å². The fraction of sp³-hybridized carbons (Fsp3) is 0.278. The van der Waals surface area contributed by atoms with Crippen molar-refractivity contribution >= 4 is 11.8 Å². The molecule has 0 radical (unpaired) electrons. The van der Waals surface area contributed by atoms with E-state index < -0.39 is 5.91 Å². The smallest absolute Gasteiger partial charge is 0.272 e. The third kappa shape index (κ3) is 4.06. The van der Waals surface area contributed by atoms with Crippen molar-refractivity contribution in [1.82, 2.24) is 9.88 Å². The summed E-state index contributed by atoms with van der Waals surface area (Å²) in [5.74, 6) is -0.113. The van der Waals surface area contributed by atoms with Crippen LogP contribution >= 0.6 is 0 Å². The number of likely N-dealkylation sites (tertiary alicyclic amines) is 1. The fourth-order valence-corrected chi connectivity index (χ4v) is 2.78. The Morgan fingerprint density at radius 3 is 2.48 bits per heavy atom. The minimum Gasteiger partial charge on any atom is -0.508 e. The summed E-state index contributed by atoms with van der Waals surface area (Å²) in [7, 11) is 0. The first-order valence-electron chi connectivity index (χ1n) is 8.05. The molecule has 1 saturated heterocycles. The van der Waals surface area contributed by atoms with Gasteiger partial charge >= 0.3 is 0 Å². The summed E-state index contributed by atoms with van der Waals surface area (Å²) in [6.07, 6.45) is 1.34. The number of phenols is 1. The van der Waals surface area contributed by atoms with Crippen molar-refractivity contribution in [2.24, 2.45) is 5.73 Å². The van der Waals surface area contributed by atoms with Crippen LogP contribution < -0.4 is 10.5 Å². The molecular formula is C18H19N3O4. The average molecular weight is 341 g/mol. The lowest BCUT2D eigenvalue weighted by molar-refractivity contribution is 0.0590. The van der Waals surface area contributed by atoms with E-state index in [4.69, 9.17) is 10.5 Å². The number of nitrogens with zero attached hydrogens (tertiary/aromatic N) is 2. The van der Waals surface area contributed by atoms with Crippen LogP contribution in [0.4, 0.5) is 0 Å². The summed E-state index contributed by atoms with van der Waals surface area (Å²) in [5, 5.41) is 9.47. The number of rotatable bonds is 4. The normalized spacial score (nSPS) is 15.0. The van der Waals surface area contributed by atoms with Crippen molar-refractivity contribution in [1.29, 1.82) is 0 Å². The van der Waals surface area contributed by atoms with Crippen LogP contribution in [0.1, 0.15) is 33.8 Å². The lowest BCUT2D eigenvalue weighted by Gasteiger charge is -2.32. The molecule has 0 aliphatic carbocycles. The van der Waals surface area contributed by atoms with Crippen LogP contribution in [0.2, 0.25) is 0 Å². The van der Waals surface area contributed by atoms with E-state index in [0.717, 1.165) is 0 Å². The van der Waals surface area contributed by atoms with E-state index >= 15 is 0 Å². The van der Waals surface area contributed by atoms with Crippen LogP contribution in [-0.4, -0.2) is 46.0 Å². The highest BCUT2D eigenvalue weighted by molar-refractivity contribution is 5.95. The minimum absolute atomic E-state index is 0.0178. The maximum atomic E-state index is 12.5. The van der Waals surface area contributed by atoms with E-state index in [-0.39, 0.29) is 29.1 Å². The van der Waals surface area contributed by atoms with Gasteiger partial charge in [-0.25, -0.2) is 4.98 Å². The number of carbonyl (C=O) groups is 2. The van der Waals surface area contributed by atoms with Crippen LogP contribution in [0.5, 0.6) is 11.5 Å². The Hall–Kier alpha value is -3.09. The lowest BCUT2D eigenvalue weighted by atomic mass is 10.1. The van der Waals surface area contributed by atoms with Gasteiger partial charge in [-0.2, -0.15) is 0 Å². The Bertz CT molecular complexity index is 785. The molecule has 1 aliphatic heterocycles. The molecule has 1 aromatic heterocycles. The monoisotopic (exact) mass is 341 g/mol. The Kier molecular flexibility index (Phi) is 4.83. The van der Waals surface area contributed by atoms with Gasteiger partial charge < -0.3 is 20.5 Å². The molecule has 2 aromatic rings. The maximum Gasteiger partial charge on any atom is 0.272 e. The number of ether oxygens (including phenoxy) is 1. The first-order valence-corrected chi connectivity index (χ1v) is 8.05. The number of carbonyl (C=O) groups excluding carboxylic acids is 2. The van der Waals surface area contributed by atoms with Gasteiger partial charge in [-0.05, 0) is 24.3 Å². The Morgan fingerprint density at radius 1 is 1.12 bits per heavy atom. The summed E-state index contributed by atoms with van der Waals surface area (Å²) in [6.45, 7) is 1.07. The number of nitrogens with two attached hydrogens (primary N) is 1. The molecule has 2 amide bonds. The van der Waals surface area contributed by atoms with Crippen LogP contribution in [0.3, 0.4) is 0 Å². The Morgan fingerprint density at radius 2 is 1.80 bits per heavy atom. The Balaban J connectivity index is 1.59. The van der Waals surface area contributed by atoms with Crippen molar-refractivity contribution in [2.75, 3.05) is 13.1 Å². The van der Waals surface area contributed by atoms with Crippen molar-refractivity contribution < 1.29 is 19.4 Å². The molecule has 1 fully saturated rings. The largest absolute Gasteiger partial charge is 0.508 e. The number of pyridine rings is 1. The topological polar surface area (TPSA) is 106 Å². The molecule has 130 valence electrons. The molecule has 7 heteroatoms. The zero-order chi connectivity index (χ0) is 17.8. The van der Waals surface area contributed by atoms with Crippen molar-refractivity contribution in [3.63, 3.8) is 0 Å². The second-order valence-corrected chi connectivity index (χ2v) is 5.88. The molecule has 7 nitrogen and oxygen atoms in total. The van der Waals surface area contributed by atoms with Gasteiger partial charge in [0.1, 0.15) is 29.0 Å². The molecule has 3 N–H and O–H groups in total. The first-order chi connectivity index (χ1) is 12.0. The molecule has 0 unspecified atom stereocenters. The van der Waals surface area contributed by atoms with Crippen LogP contribution in [0, 0.1) is 0 Å². The SMILES string of the molecule is NC(=O)c1cccc(C(=O)N2CCC(Oc3cccc(O)c3)CC2)n1. The molecule has 1 aliphatic rings. The maximum absolute atomic E-state index is 12.5. The highest BCUT2D eigenvalue weighted by atomic mass is 16.5. The van der Waals surface area contributed by atoms with Gasteiger partial charge in [0.15, 0.2) is 0 Å². The predicted molar refractivity (Wildman–Crippen MR) is 90.4 cm³/mol. The van der Waals surface area contributed by atoms with Gasteiger partial charge in [0, 0.05) is 32.0 Å². The second-order valence-electron chi connectivity index (χ2n) is 5.88. The molecule has 0 saturated carbocycles. The molecule has 3 rings (SSSR count). The van der Waals surface area contributed by atoms with E-state index in [0.29, 0.717) is 31.7 Å². The molecular weight excluding hydrogens is 322 g/mol. The Labute approximate surface area is 145 Å². The number of amides is 2. The molecule has 0 atom stereocenters. The highest BCUT2D eigenvalue weighted by Gasteiger charge is 2.25. The molecule has 1 aromatic carbocycles. The second kappa shape index (κ2) is 7.21. The summed E-state index contributed by atoms with van der Waals surface area (Å²) in [5.41, 5.74) is 5.49. The highest BCUT2D eigenvalue weighted by Crippen LogP contribution is 2.23. The number of piperidine rings is 1. The molecule has 2 heterocycles. The van der Waals surface area contributed by atoms with Gasteiger partial charge in [0.25, 0.3) is 11.8 Å². The number of hydrogen-bond donors (Lipinski definition) is 2. The van der Waals surface area contributed by atoms with Gasteiger partial charge in [-0.1, -0.05) is 12.1 Å². The number of hydrogen-bond acceptors (Lipinski definition) is 5. The van der Waals surface area contributed by atoms with Crippen molar-refractivity contribution in [3.8, 4) is 11.5 Å². The quantitative estimate of drug-likeness (QED) is 0.878. The summed E-state index contributed by atoms with van der Waals surface area (Å²) >= 11 is 0. The van der Waals surface area contributed by atoms with E-state index in [2.05, 4.69) is 4.98 Å². The fourth-order valence-electron chi connectivity index (χ4n) is 2.78. The van der Waals surface area contributed by atoms with Gasteiger partial charge in [0.05, 0.1) is 0 Å². The number of primary amides is 1. The van der Waals surface area contributed by atoms with E-state index in [1.807, 2.05) is 0 Å². The zero-order valence-electron chi connectivity index (χ0n) is 13.6. The minimum atomic E-state index is -0.659. The summed E-state index contributed by atoms with van der Waals surface area (Å²) < 4.78 is 5.85. The number of aromatic nitrogens is 1. The van der Waals surface area contributed by atoms with Gasteiger partial charge in [-0.15, -0.1) is 0 Å². The number of aromatic hydroxyl groups is 1. The molecule has 25 heavy (non-hydrogen) atoms. The first kappa shape index (κ1) is 16.8. The average Bonchev–Trinajstić information content (AvgIpc) is 2.62. The zero-order valence-corrected chi connectivity index (χ0v) is 13.6. The van der Waals surface area contributed by atoms with E-state index in [1.54, 1.807) is 41.3 Å². The lowest BCUT2D eigenvalue weighted by Crippen LogP contribution is -2.42. The van der Waals surface area contributed by atoms with Gasteiger partial charge in [-0.3, -0.25) is 9.59 Å². The predicted octanol–water partition coefficient (Wildman–Crippen LogP) is 1.57. The third-order valence-electron chi connectivity index (χ3n) is 4.07. The summed E-state index contributed by atoms with van der Waals surface area (Å²) in [6, 6.07) is 11.3. The van der Waals surface area contributed by atoms with Crippen LogP contribution in [0.25, 0.3) is 0 Å². The van der Waals surface area contributed by atoms with E-state index in [1.165, 1.54) is 6.07 Å². The molecule has 0 bridgehead atoms.